The van der Waals surface area contributed by atoms with Crippen LogP contribution in [0.25, 0.3) is 0 Å². The zero-order valence-corrected chi connectivity index (χ0v) is 12.8. The van der Waals surface area contributed by atoms with Crippen molar-refractivity contribution in [1.82, 2.24) is 14.1 Å². The third-order valence-electron chi connectivity index (χ3n) is 4.06. The van der Waals surface area contributed by atoms with Gasteiger partial charge in [0.05, 0.1) is 11.4 Å². The molecule has 1 aliphatic heterocycles. The SMILES string of the molecule is Cc1nn(C)c(C)c1S(=O)(=O)N1CCC(C)(CN)C1. The number of rotatable bonds is 3. The van der Waals surface area contributed by atoms with Crippen LogP contribution in [0.4, 0.5) is 0 Å². The van der Waals surface area contributed by atoms with Crippen molar-refractivity contribution in [2.45, 2.75) is 32.1 Å². The van der Waals surface area contributed by atoms with Gasteiger partial charge < -0.3 is 5.73 Å². The van der Waals surface area contributed by atoms with Crippen LogP contribution >= 0.6 is 0 Å². The van der Waals surface area contributed by atoms with Crippen LogP contribution in [0.15, 0.2) is 4.90 Å². The molecule has 0 bridgehead atoms. The van der Waals surface area contributed by atoms with Crippen molar-refractivity contribution in [3.8, 4) is 0 Å². The number of nitrogens with two attached hydrogens (primary N) is 1. The molecule has 6 nitrogen and oxygen atoms in total. The first-order valence-electron chi connectivity index (χ1n) is 6.42. The molecule has 7 heteroatoms. The third kappa shape index (κ3) is 2.30. The van der Waals surface area contributed by atoms with Crippen LogP contribution in [-0.2, 0) is 17.1 Å². The van der Waals surface area contributed by atoms with E-state index in [9.17, 15) is 8.42 Å². The molecule has 1 atom stereocenters. The second-order valence-corrected chi connectivity index (χ2v) is 7.60. The van der Waals surface area contributed by atoms with Gasteiger partial charge in [-0.2, -0.15) is 9.40 Å². The average Bonchev–Trinajstić information content (AvgIpc) is 2.83. The molecule has 1 aromatic heterocycles. The summed E-state index contributed by atoms with van der Waals surface area (Å²) in [5, 5.41) is 4.19. The van der Waals surface area contributed by atoms with Gasteiger partial charge in [0.1, 0.15) is 4.90 Å². The minimum Gasteiger partial charge on any atom is -0.330 e. The van der Waals surface area contributed by atoms with Crippen LogP contribution in [0.3, 0.4) is 0 Å². The van der Waals surface area contributed by atoms with Gasteiger partial charge in [-0.3, -0.25) is 4.68 Å². The van der Waals surface area contributed by atoms with Crippen LogP contribution < -0.4 is 5.73 Å². The van der Waals surface area contributed by atoms with Gasteiger partial charge >= 0.3 is 0 Å². The van der Waals surface area contributed by atoms with Crippen molar-refractivity contribution in [3.05, 3.63) is 11.4 Å². The molecule has 1 aromatic rings. The Balaban J connectivity index is 2.39. The van der Waals surface area contributed by atoms with Crippen LogP contribution in [-0.4, -0.2) is 42.1 Å². The Hall–Kier alpha value is -0.920. The van der Waals surface area contributed by atoms with E-state index >= 15 is 0 Å². The molecule has 1 fully saturated rings. The molecule has 0 aliphatic carbocycles. The van der Waals surface area contributed by atoms with Crippen LogP contribution in [0.1, 0.15) is 24.7 Å². The first kappa shape index (κ1) is 14.5. The molecule has 0 radical (unpaired) electrons. The minimum atomic E-state index is -3.47. The maximum absolute atomic E-state index is 12.7. The van der Waals surface area contributed by atoms with Gasteiger partial charge in [0.2, 0.25) is 10.0 Å². The lowest BCUT2D eigenvalue weighted by atomic mass is 9.90. The van der Waals surface area contributed by atoms with Gasteiger partial charge in [-0.15, -0.1) is 0 Å². The van der Waals surface area contributed by atoms with Gasteiger partial charge in [-0.25, -0.2) is 8.42 Å². The summed E-state index contributed by atoms with van der Waals surface area (Å²) in [6.07, 6.45) is 0.807. The highest BCUT2D eigenvalue weighted by atomic mass is 32.2. The maximum atomic E-state index is 12.7. The topological polar surface area (TPSA) is 81.2 Å². The minimum absolute atomic E-state index is 0.114. The summed E-state index contributed by atoms with van der Waals surface area (Å²) in [6.45, 7) is 7.07. The summed E-state index contributed by atoms with van der Waals surface area (Å²) < 4.78 is 28.6. The normalized spacial score (nSPS) is 25.1. The fraction of sp³-hybridized carbons (Fsp3) is 0.750. The average molecular weight is 286 g/mol. The molecular formula is C12H22N4O2S. The van der Waals surface area contributed by atoms with Gasteiger partial charge in [0.25, 0.3) is 0 Å². The van der Waals surface area contributed by atoms with Crippen molar-refractivity contribution in [3.63, 3.8) is 0 Å². The number of hydrogen-bond donors (Lipinski definition) is 1. The highest BCUT2D eigenvalue weighted by Gasteiger charge is 2.40. The van der Waals surface area contributed by atoms with Gasteiger partial charge in [0.15, 0.2) is 0 Å². The fourth-order valence-corrected chi connectivity index (χ4v) is 4.60. The number of nitrogens with zero attached hydrogens (tertiary/aromatic N) is 3. The summed E-state index contributed by atoms with van der Waals surface area (Å²) in [7, 11) is -1.71. The summed E-state index contributed by atoms with van der Waals surface area (Å²) >= 11 is 0. The Morgan fingerprint density at radius 2 is 2.05 bits per heavy atom. The molecule has 1 saturated heterocycles. The van der Waals surface area contributed by atoms with Crippen LogP contribution in [0, 0.1) is 19.3 Å². The summed E-state index contributed by atoms with van der Waals surface area (Å²) in [4.78, 5) is 0.344. The molecule has 2 rings (SSSR count). The number of aryl methyl sites for hydroxylation is 2. The molecule has 0 saturated carbocycles. The Bertz CT molecular complexity index is 593. The molecule has 1 aliphatic rings. The van der Waals surface area contributed by atoms with E-state index in [0.29, 0.717) is 35.9 Å². The Labute approximate surface area is 114 Å². The number of hydrogen-bond acceptors (Lipinski definition) is 4. The molecule has 0 aromatic carbocycles. The van der Waals surface area contributed by atoms with E-state index in [-0.39, 0.29) is 5.41 Å². The third-order valence-corrected chi connectivity index (χ3v) is 6.15. The maximum Gasteiger partial charge on any atom is 0.246 e. The van der Waals surface area contributed by atoms with Crippen molar-refractivity contribution >= 4 is 10.0 Å². The number of sulfonamides is 1. The van der Waals surface area contributed by atoms with Crippen LogP contribution in [0.2, 0.25) is 0 Å². The van der Waals surface area contributed by atoms with E-state index in [1.54, 1.807) is 25.6 Å². The summed E-state index contributed by atoms with van der Waals surface area (Å²) in [6, 6.07) is 0. The number of aromatic nitrogens is 2. The molecular weight excluding hydrogens is 264 g/mol. The standard InChI is InChI=1S/C12H22N4O2S/c1-9-11(10(2)15(4)14-9)19(17,18)16-6-5-12(3,7-13)8-16/h5-8,13H2,1-4H3. The zero-order valence-electron chi connectivity index (χ0n) is 12.0. The summed E-state index contributed by atoms with van der Waals surface area (Å²) in [5.41, 5.74) is 6.86. The summed E-state index contributed by atoms with van der Waals surface area (Å²) in [5.74, 6) is 0. The Morgan fingerprint density at radius 3 is 2.47 bits per heavy atom. The van der Waals surface area contributed by atoms with Gasteiger partial charge in [-0.05, 0) is 32.2 Å². The molecule has 2 N–H and O–H groups in total. The first-order chi connectivity index (χ1) is 8.71. The van der Waals surface area contributed by atoms with E-state index in [2.05, 4.69) is 5.10 Å². The van der Waals surface area contributed by atoms with E-state index < -0.39 is 10.0 Å². The fourth-order valence-electron chi connectivity index (χ4n) is 2.61. The Morgan fingerprint density at radius 1 is 1.42 bits per heavy atom. The highest BCUT2D eigenvalue weighted by molar-refractivity contribution is 7.89. The first-order valence-corrected chi connectivity index (χ1v) is 7.86. The van der Waals surface area contributed by atoms with E-state index in [4.69, 9.17) is 5.73 Å². The molecule has 108 valence electrons. The Kier molecular flexibility index (Phi) is 3.49. The molecule has 2 heterocycles. The molecule has 0 spiro atoms. The highest BCUT2D eigenvalue weighted by Crippen LogP contribution is 2.33. The van der Waals surface area contributed by atoms with E-state index in [1.807, 2.05) is 6.92 Å². The largest absolute Gasteiger partial charge is 0.330 e. The van der Waals surface area contributed by atoms with Crippen molar-refractivity contribution in [2.75, 3.05) is 19.6 Å². The van der Waals surface area contributed by atoms with Crippen molar-refractivity contribution in [2.24, 2.45) is 18.2 Å². The smallest absolute Gasteiger partial charge is 0.246 e. The molecule has 19 heavy (non-hydrogen) atoms. The lowest BCUT2D eigenvalue weighted by Gasteiger charge is -2.22. The predicted octanol–water partition coefficient (Wildman–Crippen LogP) is 0.396. The van der Waals surface area contributed by atoms with E-state index in [1.165, 1.54) is 4.31 Å². The second kappa shape index (κ2) is 4.57. The lowest BCUT2D eigenvalue weighted by Crippen LogP contribution is -2.34. The predicted molar refractivity (Wildman–Crippen MR) is 73.2 cm³/mol. The van der Waals surface area contributed by atoms with E-state index in [0.717, 1.165) is 6.42 Å². The van der Waals surface area contributed by atoms with Crippen molar-refractivity contribution < 1.29 is 8.42 Å². The molecule has 1 unspecified atom stereocenters. The second-order valence-electron chi connectivity index (χ2n) is 5.73. The van der Waals surface area contributed by atoms with Crippen molar-refractivity contribution in [1.29, 1.82) is 0 Å². The van der Waals surface area contributed by atoms with Gasteiger partial charge in [0, 0.05) is 20.1 Å². The van der Waals surface area contributed by atoms with Crippen LogP contribution in [0.5, 0.6) is 0 Å². The molecule has 0 amide bonds. The lowest BCUT2D eigenvalue weighted by molar-refractivity contribution is 0.349. The zero-order chi connectivity index (χ0) is 14.4. The van der Waals surface area contributed by atoms with Gasteiger partial charge in [-0.1, -0.05) is 6.92 Å². The monoisotopic (exact) mass is 286 g/mol. The quantitative estimate of drug-likeness (QED) is 0.872.